The maximum atomic E-state index is 13.5. The Morgan fingerprint density at radius 3 is 2.29 bits per heavy atom. The fourth-order valence-electron chi connectivity index (χ4n) is 5.99. The molecule has 2 aromatic carbocycles. The van der Waals surface area contributed by atoms with E-state index < -0.39 is 0 Å². The largest absolute Gasteiger partial charge is 0.322 e. The van der Waals surface area contributed by atoms with Gasteiger partial charge in [-0.05, 0) is 66.8 Å². The first-order valence-electron chi connectivity index (χ1n) is 10.7. The van der Waals surface area contributed by atoms with Gasteiger partial charge in [0, 0.05) is 10.7 Å². The third-order valence-electron chi connectivity index (χ3n) is 7.57. The van der Waals surface area contributed by atoms with Gasteiger partial charge in [-0.25, -0.2) is 4.90 Å². The highest BCUT2D eigenvalue weighted by Crippen LogP contribution is 2.65. The van der Waals surface area contributed by atoms with E-state index in [0.29, 0.717) is 33.8 Å². The van der Waals surface area contributed by atoms with Gasteiger partial charge >= 0.3 is 0 Å². The van der Waals surface area contributed by atoms with Crippen molar-refractivity contribution >= 4 is 40.7 Å². The van der Waals surface area contributed by atoms with E-state index in [0.717, 1.165) is 12.0 Å². The highest BCUT2D eigenvalue weighted by molar-refractivity contribution is 6.32. The average molecular weight is 433 g/mol. The van der Waals surface area contributed by atoms with Gasteiger partial charge in [-0.3, -0.25) is 14.4 Å². The normalized spacial score (nSPS) is 32.1. The Morgan fingerprint density at radius 2 is 1.61 bits per heavy atom. The van der Waals surface area contributed by atoms with Gasteiger partial charge in [-0.15, -0.1) is 0 Å². The molecule has 3 amide bonds. The minimum absolute atomic E-state index is 0.150. The first-order chi connectivity index (χ1) is 15.0. The van der Waals surface area contributed by atoms with Crippen LogP contribution in [0.1, 0.15) is 22.3 Å². The van der Waals surface area contributed by atoms with Crippen LogP contribution in [0.25, 0.3) is 0 Å². The molecule has 0 spiro atoms. The number of para-hydroxylation sites is 1. The molecule has 156 valence electrons. The molecule has 1 N–H and O–H groups in total. The topological polar surface area (TPSA) is 66.5 Å². The van der Waals surface area contributed by atoms with Gasteiger partial charge in [0.1, 0.15) is 0 Å². The predicted molar refractivity (Wildman–Crippen MR) is 118 cm³/mol. The molecule has 5 nitrogen and oxygen atoms in total. The first kappa shape index (κ1) is 18.8. The third kappa shape index (κ3) is 2.59. The van der Waals surface area contributed by atoms with E-state index in [2.05, 4.69) is 17.5 Å². The Labute approximate surface area is 185 Å². The maximum Gasteiger partial charge on any atom is 0.257 e. The second-order valence-electron chi connectivity index (χ2n) is 9.05. The van der Waals surface area contributed by atoms with Crippen molar-refractivity contribution in [1.29, 1.82) is 0 Å². The SMILES string of the molecule is Cc1c(Cl)cccc1NC(=O)c1ccccc1N1C(=O)[C@@H]2[C@H]3C=C[C@@H]([C@@H]4C[C@@H]34)[C@H]2C1=O. The summed E-state index contributed by atoms with van der Waals surface area (Å²) in [6.45, 7) is 1.83. The second-order valence-corrected chi connectivity index (χ2v) is 9.46. The Bertz CT molecular complexity index is 1150. The van der Waals surface area contributed by atoms with Crippen molar-refractivity contribution in [3.8, 4) is 0 Å². The molecule has 0 radical (unpaired) electrons. The smallest absolute Gasteiger partial charge is 0.257 e. The van der Waals surface area contributed by atoms with Crippen LogP contribution in [0.4, 0.5) is 11.4 Å². The van der Waals surface area contributed by atoms with Crippen LogP contribution in [-0.4, -0.2) is 17.7 Å². The molecule has 2 bridgehead atoms. The third-order valence-corrected chi connectivity index (χ3v) is 7.98. The van der Waals surface area contributed by atoms with Crippen molar-refractivity contribution in [3.63, 3.8) is 0 Å². The van der Waals surface area contributed by atoms with Crippen molar-refractivity contribution in [1.82, 2.24) is 0 Å². The first-order valence-corrected chi connectivity index (χ1v) is 11.1. The summed E-state index contributed by atoms with van der Waals surface area (Å²) >= 11 is 6.18. The van der Waals surface area contributed by atoms with E-state index in [1.54, 1.807) is 42.5 Å². The van der Waals surface area contributed by atoms with Crippen molar-refractivity contribution in [3.05, 3.63) is 70.8 Å². The maximum absolute atomic E-state index is 13.5. The Morgan fingerprint density at radius 1 is 0.968 bits per heavy atom. The minimum atomic E-state index is -0.375. The molecule has 2 aromatic rings. The summed E-state index contributed by atoms with van der Waals surface area (Å²) in [5.41, 5.74) is 2.02. The van der Waals surface area contributed by atoms with Gasteiger partial charge in [-0.1, -0.05) is 42.0 Å². The van der Waals surface area contributed by atoms with Crippen molar-refractivity contribution in [2.45, 2.75) is 13.3 Å². The molecule has 6 heteroatoms. The zero-order valence-electron chi connectivity index (χ0n) is 16.9. The number of nitrogens with zero attached hydrogens (tertiary/aromatic N) is 1. The summed E-state index contributed by atoms with van der Waals surface area (Å²) in [4.78, 5) is 41.4. The Balaban J connectivity index is 1.35. The summed E-state index contributed by atoms with van der Waals surface area (Å²) in [5, 5.41) is 3.44. The van der Waals surface area contributed by atoms with E-state index in [-0.39, 0.29) is 41.4 Å². The number of halogens is 1. The Hall–Kier alpha value is -2.92. The lowest BCUT2D eigenvalue weighted by Crippen LogP contribution is -2.40. The summed E-state index contributed by atoms with van der Waals surface area (Å²) in [6.07, 6.45) is 5.41. The molecular formula is C25H21ClN2O3. The van der Waals surface area contributed by atoms with Crippen LogP contribution >= 0.6 is 11.6 Å². The molecule has 2 saturated carbocycles. The highest BCUT2D eigenvalue weighted by Gasteiger charge is 2.67. The quantitative estimate of drug-likeness (QED) is 0.575. The van der Waals surface area contributed by atoms with Gasteiger partial charge < -0.3 is 5.32 Å². The Kier molecular flexibility index (Phi) is 3.97. The van der Waals surface area contributed by atoms with Crippen molar-refractivity contribution < 1.29 is 14.4 Å². The van der Waals surface area contributed by atoms with E-state index in [9.17, 15) is 14.4 Å². The number of imide groups is 1. The van der Waals surface area contributed by atoms with Crippen molar-refractivity contribution in [2.75, 3.05) is 10.2 Å². The second kappa shape index (κ2) is 6.54. The average Bonchev–Trinajstić information content (AvgIpc) is 3.55. The van der Waals surface area contributed by atoms with Gasteiger partial charge in [0.2, 0.25) is 11.8 Å². The number of amides is 3. The summed E-state index contributed by atoms with van der Waals surface area (Å²) in [7, 11) is 0. The summed E-state index contributed by atoms with van der Waals surface area (Å²) < 4.78 is 0. The zero-order chi connectivity index (χ0) is 21.4. The standard InChI is InChI=1S/C25H21ClN2O3/c1-12-18(26)6-4-7-19(12)27-23(29)15-5-2-3-8-20(15)28-24(30)21-13-9-10-14(17-11-16(13)17)22(21)25(28)31/h2-10,13-14,16-17,21-22H,11H2,1H3,(H,27,29)/t13-,14-,16-,17-,21+,22+/m0/s1. The van der Waals surface area contributed by atoms with Gasteiger partial charge in [-0.2, -0.15) is 0 Å². The molecular weight excluding hydrogens is 412 g/mol. The van der Waals surface area contributed by atoms with Gasteiger partial charge in [0.15, 0.2) is 0 Å². The summed E-state index contributed by atoms with van der Waals surface area (Å²) in [6, 6.07) is 12.1. The van der Waals surface area contributed by atoms with Gasteiger partial charge in [0.25, 0.3) is 5.91 Å². The van der Waals surface area contributed by atoms with Crippen LogP contribution in [0, 0.1) is 42.4 Å². The lowest BCUT2D eigenvalue weighted by molar-refractivity contribution is -0.124. The van der Waals surface area contributed by atoms with Gasteiger partial charge in [0.05, 0.1) is 23.1 Å². The van der Waals surface area contributed by atoms with E-state index in [4.69, 9.17) is 11.6 Å². The number of allylic oxidation sites excluding steroid dienone is 2. The number of benzene rings is 2. The molecule has 0 aromatic heterocycles. The van der Waals surface area contributed by atoms with E-state index >= 15 is 0 Å². The fraction of sp³-hybridized carbons (Fsp3) is 0.320. The number of hydrogen-bond acceptors (Lipinski definition) is 3. The number of rotatable bonds is 3. The minimum Gasteiger partial charge on any atom is -0.322 e. The van der Waals surface area contributed by atoms with E-state index in [1.807, 2.05) is 6.92 Å². The molecule has 6 atom stereocenters. The molecule has 1 saturated heterocycles. The number of nitrogens with one attached hydrogen (secondary N) is 1. The number of hydrogen-bond donors (Lipinski definition) is 1. The molecule has 31 heavy (non-hydrogen) atoms. The molecule has 0 unspecified atom stereocenters. The van der Waals surface area contributed by atoms with Crippen LogP contribution in [-0.2, 0) is 9.59 Å². The fourth-order valence-corrected chi connectivity index (χ4v) is 6.16. The molecule has 7 rings (SSSR count). The van der Waals surface area contributed by atoms with Crippen LogP contribution in [0.2, 0.25) is 5.02 Å². The number of carbonyl (C=O) groups is 3. The highest BCUT2D eigenvalue weighted by atomic mass is 35.5. The monoisotopic (exact) mass is 432 g/mol. The van der Waals surface area contributed by atoms with Crippen LogP contribution in [0.5, 0.6) is 0 Å². The van der Waals surface area contributed by atoms with E-state index in [1.165, 1.54) is 4.90 Å². The molecule has 5 aliphatic rings. The lowest BCUT2D eigenvalue weighted by Gasteiger charge is -2.37. The zero-order valence-corrected chi connectivity index (χ0v) is 17.7. The molecule has 1 heterocycles. The molecule has 4 aliphatic carbocycles. The number of anilines is 2. The molecule has 3 fully saturated rings. The number of carbonyl (C=O) groups excluding carboxylic acids is 3. The van der Waals surface area contributed by atoms with Crippen LogP contribution in [0.3, 0.4) is 0 Å². The van der Waals surface area contributed by atoms with Crippen molar-refractivity contribution in [2.24, 2.45) is 35.5 Å². The van der Waals surface area contributed by atoms with Crippen LogP contribution in [0.15, 0.2) is 54.6 Å². The summed E-state index contributed by atoms with van der Waals surface area (Å²) in [5.74, 6) is 0.0796. The van der Waals surface area contributed by atoms with Crippen LogP contribution < -0.4 is 10.2 Å². The lowest BCUT2D eigenvalue weighted by atomic mass is 9.63. The predicted octanol–water partition coefficient (Wildman–Crippen LogP) is 4.46. The molecule has 1 aliphatic heterocycles.